The summed E-state index contributed by atoms with van der Waals surface area (Å²) in [6.07, 6.45) is 15.8. The second-order valence-electron chi connectivity index (χ2n) is 13.5. The summed E-state index contributed by atoms with van der Waals surface area (Å²) in [6, 6.07) is 0. The second-order valence-corrected chi connectivity index (χ2v) is 13.5. The minimum Gasteiger partial charge on any atom is -0.495 e. The van der Waals surface area contributed by atoms with E-state index in [0.29, 0.717) is 33.7 Å². The highest BCUT2D eigenvalue weighted by Crippen LogP contribution is 2.75. The molecular formula is C29H49NO. The molecule has 5 aliphatic carbocycles. The molecule has 0 aliphatic heterocycles. The Labute approximate surface area is 192 Å². The van der Waals surface area contributed by atoms with Crippen LogP contribution in [0.1, 0.15) is 105 Å². The molecule has 176 valence electrons. The number of hydrogen-bond acceptors (Lipinski definition) is 2. The number of nitrogens with two attached hydrogens (primary N) is 1. The molecular weight excluding hydrogens is 378 g/mol. The molecule has 5 aliphatic rings. The third-order valence-corrected chi connectivity index (χ3v) is 12.8. The standard InChI is InChI=1S/C29H49NO/c1-19(2)31-24-12-14-26(4)21(20(24)3)11-15-28(6)25(26)10-9-22-23-8-7-13-29(23,18-30)17-16-27(22,28)5/h20-25H,1,7-18,30H2,2-6H3/t20?,21?,22?,23?,24?,25?,26?,27-,28?,29?/m1/s1. The summed E-state index contributed by atoms with van der Waals surface area (Å²) >= 11 is 0. The van der Waals surface area contributed by atoms with Crippen molar-refractivity contribution in [2.75, 3.05) is 6.54 Å². The Morgan fingerprint density at radius 1 is 0.871 bits per heavy atom. The second kappa shape index (κ2) is 7.25. The molecule has 2 nitrogen and oxygen atoms in total. The van der Waals surface area contributed by atoms with Crippen LogP contribution in [-0.2, 0) is 4.74 Å². The summed E-state index contributed by atoms with van der Waals surface area (Å²) in [5.41, 5.74) is 8.43. The predicted octanol–water partition coefficient (Wildman–Crippen LogP) is 7.33. The highest BCUT2D eigenvalue weighted by atomic mass is 16.5. The number of allylic oxidation sites excluding steroid dienone is 1. The van der Waals surface area contributed by atoms with Gasteiger partial charge >= 0.3 is 0 Å². The molecule has 2 heteroatoms. The summed E-state index contributed by atoms with van der Waals surface area (Å²) in [4.78, 5) is 0. The van der Waals surface area contributed by atoms with Gasteiger partial charge in [-0.05, 0) is 129 Å². The quantitative estimate of drug-likeness (QED) is 0.478. The molecule has 0 saturated heterocycles. The molecule has 2 N–H and O–H groups in total. The Bertz CT molecular complexity index is 732. The molecule has 31 heavy (non-hydrogen) atoms. The van der Waals surface area contributed by atoms with Crippen molar-refractivity contribution in [2.45, 2.75) is 111 Å². The maximum absolute atomic E-state index is 6.46. The zero-order chi connectivity index (χ0) is 22.2. The maximum atomic E-state index is 6.46. The monoisotopic (exact) mass is 427 g/mol. The molecule has 0 aromatic carbocycles. The van der Waals surface area contributed by atoms with E-state index >= 15 is 0 Å². The van der Waals surface area contributed by atoms with E-state index in [4.69, 9.17) is 10.5 Å². The molecule has 9 unspecified atom stereocenters. The molecule has 0 heterocycles. The van der Waals surface area contributed by atoms with Gasteiger partial charge in [0.15, 0.2) is 0 Å². The van der Waals surface area contributed by atoms with Gasteiger partial charge in [0.05, 0.1) is 5.76 Å². The zero-order valence-corrected chi connectivity index (χ0v) is 21.1. The fourth-order valence-corrected chi connectivity index (χ4v) is 11.1. The molecule has 5 rings (SSSR count). The van der Waals surface area contributed by atoms with Gasteiger partial charge < -0.3 is 10.5 Å². The van der Waals surface area contributed by atoms with Crippen LogP contribution in [0.2, 0.25) is 0 Å². The average Bonchev–Trinajstić information content (AvgIpc) is 3.15. The van der Waals surface area contributed by atoms with Crippen LogP contribution in [-0.4, -0.2) is 12.6 Å². The van der Waals surface area contributed by atoms with E-state index in [1.54, 1.807) is 0 Å². The van der Waals surface area contributed by atoms with Crippen LogP contribution in [0.25, 0.3) is 0 Å². The van der Waals surface area contributed by atoms with Crippen LogP contribution in [0.15, 0.2) is 12.3 Å². The van der Waals surface area contributed by atoms with E-state index in [-0.39, 0.29) is 0 Å². The lowest BCUT2D eigenvalue weighted by Gasteiger charge is -2.71. The molecule has 5 fully saturated rings. The molecule has 0 aromatic heterocycles. The number of rotatable bonds is 3. The minimum absolute atomic E-state index is 0.380. The van der Waals surface area contributed by atoms with Crippen molar-refractivity contribution in [2.24, 2.45) is 57.0 Å². The predicted molar refractivity (Wildman–Crippen MR) is 129 cm³/mol. The van der Waals surface area contributed by atoms with Gasteiger partial charge in [0, 0.05) is 0 Å². The molecule has 0 bridgehead atoms. The first-order valence-corrected chi connectivity index (χ1v) is 13.6. The van der Waals surface area contributed by atoms with Crippen molar-refractivity contribution in [1.29, 1.82) is 0 Å². The fraction of sp³-hybridized carbons (Fsp3) is 0.931. The molecule has 10 atom stereocenters. The molecule has 0 spiro atoms. The summed E-state index contributed by atoms with van der Waals surface area (Å²) < 4.78 is 6.23. The zero-order valence-electron chi connectivity index (χ0n) is 21.1. The Morgan fingerprint density at radius 3 is 2.35 bits per heavy atom. The van der Waals surface area contributed by atoms with E-state index < -0.39 is 0 Å². The van der Waals surface area contributed by atoms with Crippen LogP contribution in [0.4, 0.5) is 0 Å². The summed E-state index contributed by atoms with van der Waals surface area (Å²) in [6.45, 7) is 17.7. The Kier molecular flexibility index (Phi) is 5.21. The lowest BCUT2D eigenvalue weighted by molar-refractivity contribution is -0.232. The van der Waals surface area contributed by atoms with Crippen molar-refractivity contribution >= 4 is 0 Å². The van der Waals surface area contributed by atoms with Crippen molar-refractivity contribution in [3.63, 3.8) is 0 Å². The third-order valence-electron chi connectivity index (χ3n) is 12.8. The first-order chi connectivity index (χ1) is 14.6. The Balaban J connectivity index is 1.46. The van der Waals surface area contributed by atoms with Crippen LogP contribution < -0.4 is 5.73 Å². The molecule has 0 radical (unpaired) electrons. The van der Waals surface area contributed by atoms with Crippen LogP contribution in [0, 0.1) is 51.2 Å². The highest BCUT2D eigenvalue weighted by Gasteiger charge is 2.68. The molecule has 5 saturated carbocycles. The number of fused-ring (bicyclic) bond motifs is 7. The molecule has 0 amide bonds. The van der Waals surface area contributed by atoms with Crippen molar-refractivity contribution in [3.8, 4) is 0 Å². The van der Waals surface area contributed by atoms with Gasteiger partial charge in [-0.15, -0.1) is 0 Å². The maximum Gasteiger partial charge on any atom is 0.101 e. The molecule has 0 aromatic rings. The van der Waals surface area contributed by atoms with Crippen molar-refractivity contribution < 1.29 is 4.74 Å². The van der Waals surface area contributed by atoms with E-state index in [2.05, 4.69) is 34.3 Å². The minimum atomic E-state index is 0.380. The van der Waals surface area contributed by atoms with Crippen molar-refractivity contribution in [3.05, 3.63) is 12.3 Å². The topological polar surface area (TPSA) is 35.2 Å². The van der Waals surface area contributed by atoms with Crippen LogP contribution >= 0.6 is 0 Å². The number of ether oxygens (including phenoxy) is 1. The normalized spacial score (nSPS) is 56.1. The van der Waals surface area contributed by atoms with E-state index in [9.17, 15) is 0 Å². The summed E-state index contributed by atoms with van der Waals surface area (Å²) in [7, 11) is 0. The lowest BCUT2D eigenvalue weighted by atomic mass is 9.33. The van der Waals surface area contributed by atoms with Crippen molar-refractivity contribution in [1.82, 2.24) is 0 Å². The highest BCUT2D eigenvalue weighted by molar-refractivity contribution is 5.17. The smallest absolute Gasteiger partial charge is 0.101 e. The Morgan fingerprint density at radius 2 is 1.65 bits per heavy atom. The van der Waals surface area contributed by atoms with Gasteiger partial charge in [-0.1, -0.05) is 40.7 Å². The van der Waals surface area contributed by atoms with Crippen LogP contribution in [0.5, 0.6) is 0 Å². The first-order valence-electron chi connectivity index (χ1n) is 13.6. The van der Waals surface area contributed by atoms with E-state index in [0.717, 1.165) is 36.0 Å². The number of hydrogen-bond donors (Lipinski definition) is 1. The average molecular weight is 428 g/mol. The van der Waals surface area contributed by atoms with Gasteiger partial charge in [-0.25, -0.2) is 0 Å². The van der Waals surface area contributed by atoms with Crippen LogP contribution in [0.3, 0.4) is 0 Å². The summed E-state index contributed by atoms with van der Waals surface area (Å²) in [5.74, 6) is 5.04. The van der Waals surface area contributed by atoms with Gasteiger partial charge in [-0.3, -0.25) is 0 Å². The van der Waals surface area contributed by atoms with Gasteiger partial charge in [0.2, 0.25) is 0 Å². The first kappa shape index (κ1) is 22.3. The third kappa shape index (κ3) is 2.85. The SMILES string of the molecule is C=C(C)OC1CCC2(C)C(CCC3(C)C2CCC2C4CCCC4(CN)CC[C@]23C)C1C. The van der Waals surface area contributed by atoms with E-state index in [1.807, 2.05) is 6.92 Å². The Hall–Kier alpha value is -0.500. The van der Waals surface area contributed by atoms with Gasteiger partial charge in [0.25, 0.3) is 0 Å². The van der Waals surface area contributed by atoms with Gasteiger partial charge in [-0.2, -0.15) is 0 Å². The van der Waals surface area contributed by atoms with E-state index in [1.165, 1.54) is 70.6 Å². The summed E-state index contributed by atoms with van der Waals surface area (Å²) in [5, 5.41) is 0. The largest absolute Gasteiger partial charge is 0.495 e. The van der Waals surface area contributed by atoms with Gasteiger partial charge in [0.1, 0.15) is 6.10 Å². The lowest BCUT2D eigenvalue weighted by Crippen LogP contribution is -2.65. The fourth-order valence-electron chi connectivity index (χ4n) is 11.1.